The van der Waals surface area contributed by atoms with Gasteiger partial charge < -0.3 is 10.2 Å². The lowest BCUT2D eigenvalue weighted by molar-refractivity contribution is -0.115. The molecular formula is C25H27N3OS2. The fourth-order valence-corrected chi connectivity index (χ4v) is 5.14. The Kier molecular flexibility index (Phi) is 6.58. The highest BCUT2D eigenvalue weighted by atomic mass is 32.2. The maximum atomic E-state index is 12.4. The van der Waals surface area contributed by atoms with Crippen LogP contribution in [0, 0.1) is 0 Å². The van der Waals surface area contributed by atoms with Gasteiger partial charge in [-0.25, -0.2) is 4.98 Å². The van der Waals surface area contributed by atoms with E-state index in [0.717, 1.165) is 29.9 Å². The summed E-state index contributed by atoms with van der Waals surface area (Å²) in [7, 11) is 4.00. The maximum absolute atomic E-state index is 12.4. The highest BCUT2D eigenvalue weighted by Crippen LogP contribution is 2.59. The Morgan fingerprint density at radius 3 is 2.23 bits per heavy atom. The van der Waals surface area contributed by atoms with Gasteiger partial charge in [0.1, 0.15) is 5.82 Å². The lowest BCUT2D eigenvalue weighted by Gasteiger charge is -2.17. The summed E-state index contributed by atoms with van der Waals surface area (Å²) in [6.45, 7) is 0. The molecule has 1 aliphatic rings. The third kappa shape index (κ3) is 5.43. The molecular weight excluding hydrogens is 422 g/mol. The van der Waals surface area contributed by atoms with E-state index in [1.165, 1.54) is 15.4 Å². The largest absolute Gasteiger partial charge is 0.363 e. The Morgan fingerprint density at radius 2 is 1.68 bits per heavy atom. The van der Waals surface area contributed by atoms with Gasteiger partial charge in [0.2, 0.25) is 5.91 Å². The number of carbonyl (C=O) groups excluding carboxylic acids is 1. The minimum absolute atomic E-state index is 0.00668. The van der Waals surface area contributed by atoms with Gasteiger partial charge in [0.05, 0.1) is 6.42 Å². The summed E-state index contributed by atoms with van der Waals surface area (Å²) in [6.07, 6.45) is 6.70. The van der Waals surface area contributed by atoms with Gasteiger partial charge in [-0.1, -0.05) is 24.3 Å². The normalized spacial score (nSPS) is 14.2. The molecule has 0 radical (unpaired) electrons. The number of amides is 1. The van der Waals surface area contributed by atoms with Crippen LogP contribution in [0.25, 0.3) is 0 Å². The number of aromatic nitrogens is 1. The first-order valence-electron chi connectivity index (χ1n) is 10.3. The van der Waals surface area contributed by atoms with E-state index in [4.69, 9.17) is 0 Å². The van der Waals surface area contributed by atoms with Crippen LogP contribution in [0.15, 0.2) is 76.7 Å². The molecule has 4 rings (SSSR count). The van der Waals surface area contributed by atoms with Crippen molar-refractivity contribution in [3.8, 4) is 0 Å². The van der Waals surface area contributed by atoms with Crippen molar-refractivity contribution in [2.45, 2.75) is 33.8 Å². The zero-order valence-electron chi connectivity index (χ0n) is 18.1. The summed E-state index contributed by atoms with van der Waals surface area (Å²) < 4.78 is 0.128. The molecule has 0 saturated heterocycles. The Labute approximate surface area is 192 Å². The van der Waals surface area contributed by atoms with Crippen molar-refractivity contribution in [3.63, 3.8) is 0 Å². The van der Waals surface area contributed by atoms with Crippen LogP contribution in [0.4, 0.5) is 11.5 Å². The number of carbonyl (C=O) groups is 1. The van der Waals surface area contributed by atoms with Crippen LogP contribution >= 0.6 is 23.5 Å². The maximum Gasteiger partial charge on any atom is 0.228 e. The van der Waals surface area contributed by atoms with Crippen molar-refractivity contribution in [1.82, 2.24) is 4.98 Å². The van der Waals surface area contributed by atoms with Crippen LogP contribution in [0.1, 0.15) is 24.0 Å². The molecule has 1 heterocycles. The Bertz CT molecular complexity index is 1030. The van der Waals surface area contributed by atoms with E-state index >= 15 is 0 Å². The smallest absolute Gasteiger partial charge is 0.228 e. The Morgan fingerprint density at radius 1 is 1.00 bits per heavy atom. The molecule has 3 aromatic rings. The number of hydrogen-bond acceptors (Lipinski definition) is 5. The summed E-state index contributed by atoms with van der Waals surface area (Å²) in [5.41, 5.74) is 3.17. The number of hydrogen-bond donors (Lipinski definition) is 1. The fraction of sp³-hybridized carbons (Fsp3) is 0.280. The molecule has 0 unspecified atom stereocenters. The second-order valence-corrected chi connectivity index (χ2v) is 10.3. The number of rotatable bonds is 8. The van der Waals surface area contributed by atoms with Crippen molar-refractivity contribution in [2.24, 2.45) is 0 Å². The molecule has 0 atom stereocenters. The van der Waals surface area contributed by atoms with Gasteiger partial charge in [0.25, 0.3) is 0 Å². The number of pyridine rings is 1. The van der Waals surface area contributed by atoms with Crippen LogP contribution in [0.5, 0.6) is 0 Å². The standard InChI is InChI=1S/C25H27N3OS2/c1-28(2)23-13-12-22(17-26-23)31-25(14-15-25)19-6-8-20(9-7-19)27-24(29)16-18-4-10-21(30-3)11-5-18/h4-13,17H,14-16H2,1-3H3,(H,27,29). The second kappa shape index (κ2) is 9.37. The Hall–Kier alpha value is -2.44. The minimum Gasteiger partial charge on any atom is -0.363 e. The van der Waals surface area contributed by atoms with Crippen LogP contribution in [-0.4, -0.2) is 31.2 Å². The summed E-state index contributed by atoms with van der Waals surface area (Å²) in [5, 5.41) is 3.02. The molecule has 1 amide bonds. The van der Waals surface area contributed by atoms with Gasteiger partial charge in [-0.05, 0) is 66.6 Å². The zero-order valence-corrected chi connectivity index (χ0v) is 19.7. The predicted molar refractivity (Wildman–Crippen MR) is 132 cm³/mol. The molecule has 0 aliphatic heterocycles. The molecule has 1 aliphatic carbocycles. The number of anilines is 2. The molecule has 0 spiro atoms. The third-order valence-corrected chi connectivity index (χ3v) is 7.67. The van der Waals surface area contributed by atoms with Gasteiger partial charge >= 0.3 is 0 Å². The van der Waals surface area contributed by atoms with E-state index in [-0.39, 0.29) is 10.7 Å². The van der Waals surface area contributed by atoms with E-state index in [1.807, 2.05) is 67.5 Å². The summed E-state index contributed by atoms with van der Waals surface area (Å²) >= 11 is 3.59. The van der Waals surface area contributed by atoms with Crippen LogP contribution in [0.3, 0.4) is 0 Å². The van der Waals surface area contributed by atoms with Crippen LogP contribution < -0.4 is 10.2 Å². The summed E-state index contributed by atoms with van der Waals surface area (Å²) in [6, 6.07) is 20.7. The van der Waals surface area contributed by atoms with Gasteiger partial charge in [-0.15, -0.1) is 23.5 Å². The van der Waals surface area contributed by atoms with E-state index in [2.05, 4.69) is 46.7 Å². The van der Waals surface area contributed by atoms with Gasteiger partial charge in [0.15, 0.2) is 0 Å². The molecule has 6 heteroatoms. The molecule has 160 valence electrons. The first-order valence-corrected chi connectivity index (χ1v) is 12.4. The van der Waals surface area contributed by atoms with Crippen molar-refractivity contribution in [2.75, 3.05) is 30.6 Å². The van der Waals surface area contributed by atoms with Crippen LogP contribution in [0.2, 0.25) is 0 Å². The topological polar surface area (TPSA) is 45.2 Å². The summed E-state index contributed by atoms with van der Waals surface area (Å²) in [5.74, 6) is 0.974. The number of nitrogens with zero attached hydrogens (tertiary/aromatic N) is 2. The minimum atomic E-state index is 0.00668. The number of thioether (sulfide) groups is 2. The lowest BCUT2D eigenvalue weighted by atomic mass is 10.1. The van der Waals surface area contributed by atoms with Crippen LogP contribution in [-0.2, 0) is 16.0 Å². The SMILES string of the molecule is CSc1ccc(CC(=O)Nc2ccc(C3(Sc4ccc(N(C)C)nc4)CC3)cc2)cc1. The Balaban J connectivity index is 1.36. The van der Waals surface area contributed by atoms with Crippen molar-refractivity contribution in [1.29, 1.82) is 0 Å². The highest BCUT2D eigenvalue weighted by Gasteiger charge is 2.45. The van der Waals surface area contributed by atoms with Gasteiger partial charge in [-0.2, -0.15) is 0 Å². The van der Waals surface area contributed by atoms with E-state index in [1.54, 1.807) is 11.8 Å². The van der Waals surface area contributed by atoms with Crippen molar-refractivity contribution < 1.29 is 4.79 Å². The molecule has 4 nitrogen and oxygen atoms in total. The monoisotopic (exact) mass is 449 g/mol. The molecule has 0 bridgehead atoms. The first kappa shape index (κ1) is 21.8. The first-order chi connectivity index (χ1) is 15.0. The average Bonchev–Trinajstić information content (AvgIpc) is 3.55. The lowest BCUT2D eigenvalue weighted by Crippen LogP contribution is -2.14. The number of benzene rings is 2. The summed E-state index contributed by atoms with van der Waals surface area (Å²) in [4.78, 5) is 21.3. The third-order valence-electron chi connectivity index (χ3n) is 5.41. The highest BCUT2D eigenvalue weighted by molar-refractivity contribution is 8.00. The van der Waals surface area contributed by atoms with Gasteiger partial charge in [-0.3, -0.25) is 4.79 Å². The second-order valence-electron chi connectivity index (χ2n) is 7.99. The molecule has 1 aromatic heterocycles. The predicted octanol–water partition coefficient (Wildman–Crippen LogP) is 5.83. The number of nitrogens with one attached hydrogen (secondary N) is 1. The molecule has 31 heavy (non-hydrogen) atoms. The van der Waals surface area contributed by atoms with E-state index < -0.39 is 0 Å². The van der Waals surface area contributed by atoms with E-state index in [0.29, 0.717) is 6.42 Å². The molecule has 1 fully saturated rings. The van der Waals surface area contributed by atoms with E-state index in [9.17, 15) is 4.79 Å². The zero-order chi connectivity index (χ0) is 21.8. The average molecular weight is 450 g/mol. The van der Waals surface area contributed by atoms with Crippen molar-refractivity contribution >= 4 is 40.9 Å². The van der Waals surface area contributed by atoms with Crippen molar-refractivity contribution in [3.05, 3.63) is 78.0 Å². The van der Waals surface area contributed by atoms with Gasteiger partial charge in [0, 0.05) is 40.5 Å². The quantitative estimate of drug-likeness (QED) is 0.438. The molecule has 2 aromatic carbocycles. The molecule has 1 saturated carbocycles. The fourth-order valence-electron chi connectivity index (χ4n) is 3.48. The molecule has 1 N–H and O–H groups in total.